The lowest BCUT2D eigenvalue weighted by Gasteiger charge is -2.19. The molecule has 2 rings (SSSR count). The molecule has 154 valence electrons. The first-order valence-electron chi connectivity index (χ1n) is 8.11. The highest BCUT2D eigenvalue weighted by atomic mass is 31.2. The van der Waals surface area contributed by atoms with Crippen LogP contribution in [0.25, 0.3) is 10.4 Å². The summed E-state index contributed by atoms with van der Waals surface area (Å²) in [5.74, 6) is -0.519. The van der Waals surface area contributed by atoms with Gasteiger partial charge in [0.05, 0.1) is 25.3 Å². The van der Waals surface area contributed by atoms with Crippen LogP contribution < -0.4 is 21.7 Å². The van der Waals surface area contributed by atoms with Gasteiger partial charge in [-0.1, -0.05) is 5.11 Å². The summed E-state index contributed by atoms with van der Waals surface area (Å²) in [4.78, 5) is 49.2. The number of hydrogen-bond acceptors (Lipinski definition) is 7. The zero-order chi connectivity index (χ0) is 20.9. The first kappa shape index (κ1) is 21.8. The predicted molar refractivity (Wildman–Crippen MR) is 95.4 cm³/mol. The zero-order valence-electron chi connectivity index (χ0n) is 15.1. The summed E-state index contributed by atoms with van der Waals surface area (Å²) in [6.45, 7) is 0.630. The number of azide groups is 1. The third-order valence-electron chi connectivity index (χ3n) is 3.99. The lowest BCUT2D eigenvalue weighted by atomic mass is 10.1. The Balaban J connectivity index is 2.10. The molecule has 1 fully saturated rings. The molecule has 0 saturated carbocycles. The van der Waals surface area contributed by atoms with Gasteiger partial charge in [-0.25, -0.2) is 14.4 Å². The van der Waals surface area contributed by atoms with Gasteiger partial charge in [0.2, 0.25) is 5.91 Å². The maximum Gasteiger partial charge on any atom is 0.403 e. The number of nitrogens with one attached hydrogen (secondary N) is 3. The van der Waals surface area contributed by atoms with Crippen LogP contribution in [0.4, 0.5) is 0 Å². The van der Waals surface area contributed by atoms with E-state index in [9.17, 15) is 23.8 Å². The van der Waals surface area contributed by atoms with Crippen molar-refractivity contribution in [2.75, 3.05) is 20.2 Å². The van der Waals surface area contributed by atoms with Crippen LogP contribution in [0.3, 0.4) is 0 Å². The van der Waals surface area contributed by atoms with E-state index in [-0.39, 0.29) is 12.0 Å². The van der Waals surface area contributed by atoms with Gasteiger partial charge in [-0.05, 0) is 12.5 Å². The Morgan fingerprint density at radius 2 is 2.32 bits per heavy atom. The lowest BCUT2D eigenvalue weighted by Crippen LogP contribution is -2.33. The molecule has 1 aromatic heterocycles. The Hall–Kier alpha value is -2.47. The largest absolute Gasteiger partial charge is 0.403 e. The molecule has 0 aliphatic carbocycles. The second-order valence-electron chi connectivity index (χ2n) is 5.94. The van der Waals surface area contributed by atoms with Crippen molar-refractivity contribution in [2.45, 2.75) is 31.7 Å². The predicted octanol–water partition coefficient (Wildman–Crippen LogP) is -0.736. The zero-order valence-corrected chi connectivity index (χ0v) is 16.0. The van der Waals surface area contributed by atoms with Crippen molar-refractivity contribution < 1.29 is 23.5 Å². The number of aryl methyl sites for hydroxylation is 1. The number of ether oxygens (including phenoxy) is 1. The molecule has 1 saturated heterocycles. The number of H-pyrrole nitrogens is 1. The average Bonchev–Trinajstić information content (AvgIpc) is 3.04. The minimum atomic E-state index is -4.31. The SMILES string of the molecule is CNC(=O)CNP(=O)(O)OC[C@H]1O[C@@H](n2cc(C)c(=O)[nH]c2=O)C[C@@H]1N=[N+]=[N-]. The summed E-state index contributed by atoms with van der Waals surface area (Å²) in [7, 11) is -2.95. The molecule has 0 bridgehead atoms. The van der Waals surface area contributed by atoms with Crippen LogP contribution in [-0.2, 0) is 18.6 Å². The number of aromatic nitrogens is 2. The molecule has 4 atom stereocenters. The molecule has 1 aliphatic heterocycles. The van der Waals surface area contributed by atoms with E-state index in [2.05, 4.69) is 25.4 Å². The minimum Gasteiger partial charge on any atom is -0.358 e. The average molecular weight is 417 g/mol. The fourth-order valence-corrected chi connectivity index (χ4v) is 3.29. The summed E-state index contributed by atoms with van der Waals surface area (Å²) in [6, 6.07) is -0.784. The molecule has 28 heavy (non-hydrogen) atoms. The molecule has 15 heteroatoms. The maximum absolute atomic E-state index is 12.0. The Morgan fingerprint density at radius 1 is 1.61 bits per heavy atom. The van der Waals surface area contributed by atoms with Gasteiger partial charge in [-0.15, -0.1) is 0 Å². The van der Waals surface area contributed by atoms with E-state index >= 15 is 0 Å². The summed E-state index contributed by atoms with van der Waals surface area (Å²) in [5, 5.41) is 7.91. The number of rotatable bonds is 8. The molecule has 1 aromatic rings. The Kier molecular flexibility index (Phi) is 7.13. The molecule has 1 amide bonds. The Bertz CT molecular complexity index is 938. The van der Waals surface area contributed by atoms with Gasteiger partial charge in [0.1, 0.15) is 6.23 Å². The van der Waals surface area contributed by atoms with Gasteiger partial charge in [-0.3, -0.25) is 23.7 Å². The molecule has 4 N–H and O–H groups in total. The maximum atomic E-state index is 12.0. The quantitative estimate of drug-likeness (QED) is 0.183. The topological polar surface area (TPSA) is 201 Å². The molecule has 14 nitrogen and oxygen atoms in total. The fourth-order valence-electron chi connectivity index (χ4n) is 2.50. The summed E-state index contributed by atoms with van der Waals surface area (Å²) < 4.78 is 23.6. The number of aromatic amines is 1. The Labute approximate surface area is 158 Å². The van der Waals surface area contributed by atoms with Crippen LogP contribution in [0.15, 0.2) is 20.9 Å². The van der Waals surface area contributed by atoms with Gasteiger partial charge < -0.3 is 14.9 Å². The van der Waals surface area contributed by atoms with Crippen molar-refractivity contribution >= 4 is 13.7 Å². The Morgan fingerprint density at radius 3 is 2.96 bits per heavy atom. The molecular weight excluding hydrogens is 397 g/mol. The molecule has 0 spiro atoms. The van der Waals surface area contributed by atoms with Crippen molar-refractivity contribution in [3.8, 4) is 0 Å². The third kappa shape index (κ3) is 5.52. The van der Waals surface area contributed by atoms with Gasteiger partial charge in [0.25, 0.3) is 5.56 Å². The first-order valence-corrected chi connectivity index (χ1v) is 9.69. The monoisotopic (exact) mass is 417 g/mol. The van der Waals surface area contributed by atoms with Crippen LogP contribution in [0.1, 0.15) is 18.2 Å². The summed E-state index contributed by atoms with van der Waals surface area (Å²) in [5.41, 5.74) is 7.76. The minimum absolute atomic E-state index is 0.0882. The second kappa shape index (κ2) is 9.15. The van der Waals surface area contributed by atoms with Crippen LogP contribution in [-0.4, -0.2) is 52.7 Å². The van der Waals surface area contributed by atoms with Crippen molar-refractivity contribution in [3.63, 3.8) is 0 Å². The molecule has 2 heterocycles. The highest BCUT2D eigenvalue weighted by Gasteiger charge is 2.38. The summed E-state index contributed by atoms with van der Waals surface area (Å²) in [6.07, 6.45) is -0.402. The van der Waals surface area contributed by atoms with E-state index in [4.69, 9.17) is 14.8 Å². The normalized spacial score (nSPS) is 23.6. The van der Waals surface area contributed by atoms with Crippen LogP contribution >= 0.6 is 7.75 Å². The standard InChI is InChI=1S/C13H20N7O7P/c1-7-5-20(13(23)17-12(7)22)11-3-8(18-19-14)9(27-11)6-26-28(24,25)16-4-10(21)15-2/h5,8-9,11H,3-4,6H2,1-2H3,(H,15,21)(H2,16,24,25)(H,17,22,23)/t8-,9+,11+/m0/s1. The fraction of sp³-hybridized carbons (Fsp3) is 0.615. The van der Waals surface area contributed by atoms with E-state index in [0.29, 0.717) is 0 Å². The van der Waals surface area contributed by atoms with Crippen LogP contribution in [0.5, 0.6) is 0 Å². The smallest absolute Gasteiger partial charge is 0.358 e. The van der Waals surface area contributed by atoms with Crippen molar-refractivity contribution in [3.05, 3.63) is 43.0 Å². The van der Waals surface area contributed by atoms with E-state index in [1.54, 1.807) is 0 Å². The van der Waals surface area contributed by atoms with E-state index in [0.717, 1.165) is 4.57 Å². The highest BCUT2D eigenvalue weighted by Crippen LogP contribution is 2.39. The van der Waals surface area contributed by atoms with E-state index in [1.165, 1.54) is 20.2 Å². The first-order chi connectivity index (χ1) is 13.2. The summed E-state index contributed by atoms with van der Waals surface area (Å²) >= 11 is 0. The van der Waals surface area contributed by atoms with Crippen LogP contribution in [0, 0.1) is 6.92 Å². The lowest BCUT2D eigenvalue weighted by molar-refractivity contribution is -0.119. The molecular formula is C13H20N7O7P. The number of amides is 1. The van der Waals surface area contributed by atoms with Crippen molar-refractivity contribution in [2.24, 2.45) is 5.11 Å². The van der Waals surface area contributed by atoms with Gasteiger partial charge in [0.15, 0.2) is 0 Å². The second-order valence-corrected chi connectivity index (χ2v) is 7.56. The molecule has 0 radical (unpaired) electrons. The molecule has 0 aromatic carbocycles. The van der Waals surface area contributed by atoms with E-state index in [1.807, 2.05) is 0 Å². The number of likely N-dealkylation sites (N-methyl/N-ethyl adjacent to an activating group) is 1. The van der Waals surface area contributed by atoms with Crippen molar-refractivity contribution in [1.82, 2.24) is 20.0 Å². The van der Waals surface area contributed by atoms with Gasteiger partial charge in [-0.2, -0.15) is 0 Å². The van der Waals surface area contributed by atoms with Crippen molar-refractivity contribution in [1.29, 1.82) is 0 Å². The number of hydrogen-bond donors (Lipinski definition) is 4. The van der Waals surface area contributed by atoms with Gasteiger partial charge >= 0.3 is 13.4 Å². The van der Waals surface area contributed by atoms with Gasteiger partial charge in [0, 0.05) is 30.1 Å². The number of carbonyl (C=O) groups is 1. The number of carbonyl (C=O) groups excluding carboxylic acids is 1. The molecule has 1 aliphatic rings. The third-order valence-corrected chi connectivity index (χ3v) is 5.05. The highest BCUT2D eigenvalue weighted by molar-refractivity contribution is 7.50. The van der Waals surface area contributed by atoms with E-state index < -0.39 is 56.4 Å². The number of nitrogens with zero attached hydrogens (tertiary/aromatic N) is 4. The van der Waals surface area contributed by atoms with Crippen LogP contribution in [0.2, 0.25) is 0 Å². The molecule has 1 unspecified atom stereocenters.